The molecule has 0 amide bonds. The highest BCUT2D eigenvalue weighted by Crippen LogP contribution is 2.43. The van der Waals surface area contributed by atoms with Crippen LogP contribution < -0.4 is 5.73 Å². The Kier molecular flexibility index (Phi) is 68.4. The van der Waals surface area contributed by atoms with Gasteiger partial charge in [-0.15, -0.1) is 0 Å². The quantitative estimate of drug-likeness (QED) is 0.0264. The number of phosphoric acid groups is 1. The summed E-state index contributed by atoms with van der Waals surface area (Å²) < 4.78 is 33.1. The number of ether oxygens (including phenoxy) is 2. The number of allylic oxidation sites excluding steroid dienone is 38. The minimum absolute atomic E-state index is 0.0333. The summed E-state index contributed by atoms with van der Waals surface area (Å²) in [6.45, 7) is 3.43. The molecule has 91 heavy (non-hydrogen) atoms. The minimum Gasteiger partial charge on any atom is -0.462 e. The first-order chi connectivity index (χ1) is 44.8. The molecule has 2 unspecified atom stereocenters. The first-order valence-electron chi connectivity index (χ1n) is 34.9. The van der Waals surface area contributed by atoms with Crippen LogP contribution in [0.1, 0.15) is 232 Å². The number of carbonyl (C=O) groups is 2. The van der Waals surface area contributed by atoms with E-state index >= 15 is 0 Å². The van der Waals surface area contributed by atoms with Crippen molar-refractivity contribution < 1.29 is 37.6 Å². The van der Waals surface area contributed by atoms with Gasteiger partial charge >= 0.3 is 19.8 Å². The summed E-state index contributed by atoms with van der Waals surface area (Å²) in [5.41, 5.74) is 5.40. The Balaban J connectivity index is 4.10. The van der Waals surface area contributed by atoms with Crippen molar-refractivity contribution in [1.29, 1.82) is 0 Å². The van der Waals surface area contributed by atoms with Gasteiger partial charge in [-0.2, -0.15) is 0 Å². The number of hydrogen-bond donors (Lipinski definition) is 2. The molecule has 0 rings (SSSR count). The van der Waals surface area contributed by atoms with Gasteiger partial charge in [0.25, 0.3) is 0 Å². The highest BCUT2D eigenvalue weighted by molar-refractivity contribution is 7.47. The van der Waals surface area contributed by atoms with Crippen LogP contribution in [-0.2, 0) is 32.7 Å². The zero-order valence-electron chi connectivity index (χ0n) is 56.7. The average molecular weight is 1270 g/mol. The highest BCUT2D eigenvalue weighted by atomic mass is 31.2. The van der Waals surface area contributed by atoms with Crippen LogP contribution in [-0.4, -0.2) is 49.3 Å². The van der Waals surface area contributed by atoms with E-state index in [4.69, 9.17) is 24.3 Å². The summed E-state index contributed by atoms with van der Waals surface area (Å²) >= 11 is 0. The largest absolute Gasteiger partial charge is 0.472 e. The molecule has 0 aromatic rings. The topological polar surface area (TPSA) is 134 Å². The predicted octanol–water partition coefficient (Wildman–Crippen LogP) is 23.4. The minimum atomic E-state index is -4.42. The molecule has 9 nitrogen and oxygen atoms in total. The van der Waals surface area contributed by atoms with Gasteiger partial charge in [0.2, 0.25) is 0 Å². The van der Waals surface area contributed by atoms with Gasteiger partial charge in [-0.05, 0) is 161 Å². The molecule has 0 bridgehead atoms. The standard InChI is InChI=1S/C81H124NO8P/c1-3-5-7-9-11-13-15-17-19-21-23-25-27-29-31-33-35-37-38-39-40-42-44-46-48-50-52-54-56-58-60-62-64-66-68-70-72-74-81(84)90-79(78-89-91(85,86)88-76-75-82)77-87-80(83)73-71-69-67-65-63-61-59-57-55-53-51-49-47-45-43-41-36-34-32-30-28-26-24-22-20-18-16-14-12-10-8-6-4-2/h5-8,11-14,17-20,23-26,29-32,35-37,39-41,44-47,50-53,56,58,62,64,79H,3-4,9-10,15-16,21-22,27-28,33-34,38,42-43,48-49,54-55,57,59-61,63,65-78,82H2,1-2H3,(H,85,86)/b7-5-,8-6-,13-11-,14-12-,19-17-,20-18-,25-23-,26-24-,31-29-,32-30-,37-35-,40-39-,41-36-,46-44-,47-45-,52-50-,53-51-,58-56-,64-62-. The van der Waals surface area contributed by atoms with Gasteiger partial charge in [-0.3, -0.25) is 18.6 Å². The smallest absolute Gasteiger partial charge is 0.462 e. The van der Waals surface area contributed by atoms with E-state index in [9.17, 15) is 19.0 Å². The first kappa shape index (κ1) is 85.1. The maximum atomic E-state index is 12.8. The molecule has 0 aromatic carbocycles. The molecule has 0 aromatic heterocycles. The van der Waals surface area contributed by atoms with Crippen molar-refractivity contribution in [2.75, 3.05) is 26.4 Å². The predicted molar refractivity (Wildman–Crippen MR) is 394 cm³/mol. The third-order valence-corrected chi connectivity index (χ3v) is 14.5. The SMILES string of the molecule is CC/C=C\C/C=C\C/C=C\C/C=C\C/C=C\C/C=C\C/C=C\C/C=C\C/C=C\C/C=C\C/C=C\CCCCCC(=O)OC(COC(=O)CCCCCCCCCC/C=C\C/C=C\C/C=C\C/C=C\C/C=C\C/C=C\C/C=C\C/C=C\CC)COP(=O)(O)OCCN. The Morgan fingerprint density at radius 2 is 0.571 bits per heavy atom. The van der Waals surface area contributed by atoms with Crippen molar-refractivity contribution in [2.24, 2.45) is 5.73 Å². The molecule has 506 valence electrons. The number of esters is 2. The van der Waals surface area contributed by atoms with Crippen molar-refractivity contribution in [3.8, 4) is 0 Å². The molecular weight excluding hydrogens is 1150 g/mol. The fourth-order valence-corrected chi connectivity index (χ4v) is 9.24. The number of nitrogens with two attached hydrogens (primary N) is 1. The van der Waals surface area contributed by atoms with E-state index in [1.165, 1.54) is 25.7 Å². The van der Waals surface area contributed by atoms with Gasteiger partial charge in [0.05, 0.1) is 13.2 Å². The Labute approximate surface area is 555 Å². The highest BCUT2D eigenvalue weighted by Gasteiger charge is 2.26. The zero-order chi connectivity index (χ0) is 65.8. The molecule has 0 fully saturated rings. The van der Waals surface area contributed by atoms with E-state index in [0.717, 1.165) is 167 Å². The van der Waals surface area contributed by atoms with Gasteiger partial charge in [0.1, 0.15) is 6.61 Å². The molecule has 0 aliphatic rings. The number of rotatable bonds is 62. The molecule has 0 saturated carbocycles. The number of phosphoric ester groups is 1. The van der Waals surface area contributed by atoms with Crippen LogP contribution in [0, 0.1) is 0 Å². The van der Waals surface area contributed by atoms with E-state index in [2.05, 4.69) is 245 Å². The number of hydrogen-bond acceptors (Lipinski definition) is 8. The van der Waals surface area contributed by atoms with Crippen LogP contribution >= 0.6 is 7.82 Å². The summed E-state index contributed by atoms with van der Waals surface area (Å²) in [5.74, 6) is -0.895. The lowest BCUT2D eigenvalue weighted by atomic mass is 10.1. The van der Waals surface area contributed by atoms with Crippen LogP contribution in [0.2, 0.25) is 0 Å². The van der Waals surface area contributed by atoms with Gasteiger partial charge in [-0.1, -0.05) is 290 Å². The van der Waals surface area contributed by atoms with Gasteiger partial charge in [-0.25, -0.2) is 4.57 Å². The molecule has 0 saturated heterocycles. The third-order valence-electron chi connectivity index (χ3n) is 13.5. The summed E-state index contributed by atoms with van der Waals surface area (Å²) in [4.78, 5) is 35.4. The van der Waals surface area contributed by atoms with Crippen molar-refractivity contribution in [1.82, 2.24) is 0 Å². The third kappa shape index (κ3) is 73.0. The summed E-state index contributed by atoms with van der Waals surface area (Å²) in [7, 11) is -4.42. The molecular formula is C81H124NO8P. The van der Waals surface area contributed by atoms with Crippen LogP contribution in [0.25, 0.3) is 0 Å². The van der Waals surface area contributed by atoms with Crippen molar-refractivity contribution in [3.05, 3.63) is 231 Å². The van der Waals surface area contributed by atoms with E-state index in [1.807, 2.05) is 0 Å². The molecule has 2 atom stereocenters. The van der Waals surface area contributed by atoms with Gasteiger partial charge in [0, 0.05) is 19.4 Å². The maximum Gasteiger partial charge on any atom is 0.472 e. The molecule has 0 heterocycles. The lowest BCUT2D eigenvalue weighted by Gasteiger charge is -2.19. The summed E-state index contributed by atoms with van der Waals surface area (Å²) in [6, 6.07) is 0. The normalized spacial score (nSPS) is 14.4. The Hall–Kier alpha value is -5.93. The zero-order valence-corrected chi connectivity index (χ0v) is 57.6. The van der Waals surface area contributed by atoms with Crippen molar-refractivity contribution in [3.63, 3.8) is 0 Å². The van der Waals surface area contributed by atoms with Crippen LogP contribution in [0.4, 0.5) is 0 Å². The average Bonchev–Trinajstić information content (AvgIpc) is 3.74. The molecule has 0 aliphatic heterocycles. The molecule has 0 aliphatic carbocycles. The van der Waals surface area contributed by atoms with E-state index in [0.29, 0.717) is 12.8 Å². The maximum absolute atomic E-state index is 12.8. The Morgan fingerprint density at radius 3 is 0.857 bits per heavy atom. The second kappa shape index (κ2) is 73.1. The molecule has 0 spiro atoms. The van der Waals surface area contributed by atoms with Gasteiger partial charge in [0.15, 0.2) is 6.10 Å². The lowest BCUT2D eigenvalue weighted by Crippen LogP contribution is -2.29. The summed E-state index contributed by atoms with van der Waals surface area (Å²) in [5, 5.41) is 0. The fraction of sp³-hybridized carbons (Fsp3) is 0.506. The number of unbranched alkanes of at least 4 members (excludes halogenated alkanes) is 11. The van der Waals surface area contributed by atoms with E-state index < -0.39 is 32.5 Å². The first-order valence-corrected chi connectivity index (χ1v) is 36.4. The Bertz CT molecular complexity index is 2340. The second-order valence-electron chi connectivity index (χ2n) is 21.9. The van der Waals surface area contributed by atoms with Crippen LogP contribution in [0.5, 0.6) is 0 Å². The molecule has 3 N–H and O–H groups in total. The summed E-state index contributed by atoms with van der Waals surface area (Å²) in [6.07, 6.45) is 116. The van der Waals surface area contributed by atoms with Crippen LogP contribution in [0.3, 0.4) is 0 Å². The Morgan fingerprint density at radius 1 is 0.330 bits per heavy atom. The van der Waals surface area contributed by atoms with E-state index in [1.54, 1.807) is 0 Å². The second-order valence-corrected chi connectivity index (χ2v) is 23.4. The van der Waals surface area contributed by atoms with E-state index in [-0.39, 0.29) is 32.6 Å². The number of carbonyl (C=O) groups excluding carboxylic acids is 2. The lowest BCUT2D eigenvalue weighted by molar-refractivity contribution is -0.161. The fourth-order valence-electron chi connectivity index (χ4n) is 8.48. The molecule has 10 heteroatoms. The molecule has 0 radical (unpaired) electrons. The van der Waals surface area contributed by atoms with Crippen LogP contribution in [0.15, 0.2) is 231 Å². The van der Waals surface area contributed by atoms with Crippen molar-refractivity contribution in [2.45, 2.75) is 238 Å². The monoisotopic (exact) mass is 1270 g/mol. The van der Waals surface area contributed by atoms with Gasteiger partial charge < -0.3 is 20.1 Å². The van der Waals surface area contributed by atoms with Crippen molar-refractivity contribution >= 4 is 19.8 Å².